The number of rotatable bonds is 4. The third-order valence-electron chi connectivity index (χ3n) is 6.02. The molecule has 2 heterocycles. The third kappa shape index (κ3) is 5.51. The summed E-state index contributed by atoms with van der Waals surface area (Å²) in [6, 6.07) is 4.87. The summed E-state index contributed by atoms with van der Waals surface area (Å²) in [7, 11) is 1.29. The van der Waals surface area contributed by atoms with Crippen molar-refractivity contribution >= 4 is 6.09 Å². The van der Waals surface area contributed by atoms with Crippen molar-refractivity contribution in [2.75, 3.05) is 20.2 Å². The van der Waals surface area contributed by atoms with E-state index in [1.165, 1.54) is 13.2 Å². The Balaban J connectivity index is 1.88. The van der Waals surface area contributed by atoms with Crippen LogP contribution in [0.25, 0.3) is 11.3 Å². The summed E-state index contributed by atoms with van der Waals surface area (Å²) >= 11 is 0. The monoisotopic (exact) mass is 483 g/mol. The number of hydrogen-bond donors (Lipinski definition) is 1. The zero-order chi connectivity index (χ0) is 25.5. The Morgan fingerprint density at radius 2 is 1.91 bits per heavy atom. The molecule has 0 bridgehead atoms. The maximum absolute atomic E-state index is 13.1. The average Bonchev–Trinajstić information content (AvgIpc) is 3.12. The Bertz CT molecular complexity index is 1040. The van der Waals surface area contributed by atoms with E-state index in [0.717, 1.165) is 12.1 Å². The second-order valence-corrected chi connectivity index (χ2v) is 10.1. The van der Waals surface area contributed by atoms with Crippen LogP contribution in [0.3, 0.4) is 0 Å². The molecule has 0 radical (unpaired) electrons. The molecule has 34 heavy (non-hydrogen) atoms. The first-order valence-electron chi connectivity index (χ1n) is 11.2. The van der Waals surface area contributed by atoms with Gasteiger partial charge in [-0.1, -0.05) is 6.92 Å². The van der Waals surface area contributed by atoms with Crippen molar-refractivity contribution in [1.29, 1.82) is 0 Å². The SMILES string of the molecule is COc1cc(C(F)(F)F)ccc1-c1oc([C@H](O)[C@@]2(C)CCCN(C(=O)OC(C)(C)C)C2)cc1C. The van der Waals surface area contributed by atoms with Crippen molar-refractivity contribution in [3.8, 4) is 17.1 Å². The molecule has 1 aromatic carbocycles. The molecule has 1 N–H and O–H groups in total. The standard InChI is InChI=1S/C25H32F3NO5/c1-15-12-19(33-20(15)17-9-8-16(25(26,27)28)13-18(17)32-6)21(30)24(5)10-7-11-29(14-24)22(31)34-23(2,3)4/h8-9,12-13,21,30H,7,10-11,14H2,1-6H3/t21-,24-/m0/s1. The molecule has 1 aliphatic heterocycles. The second kappa shape index (κ2) is 9.17. The van der Waals surface area contributed by atoms with Gasteiger partial charge in [0.1, 0.15) is 29.0 Å². The Hall–Kier alpha value is -2.68. The summed E-state index contributed by atoms with van der Waals surface area (Å²) in [5.74, 6) is 0.624. The fourth-order valence-corrected chi connectivity index (χ4v) is 4.28. The molecule has 2 atom stereocenters. The number of halogens is 3. The van der Waals surface area contributed by atoms with Crippen LogP contribution in [0.15, 0.2) is 28.7 Å². The smallest absolute Gasteiger partial charge is 0.416 e. The predicted octanol–water partition coefficient (Wildman–Crippen LogP) is 6.35. The summed E-state index contributed by atoms with van der Waals surface area (Å²) in [5.41, 5.74) is -1.14. The lowest BCUT2D eigenvalue weighted by molar-refractivity contribution is -0.137. The molecule has 1 aliphatic rings. The van der Waals surface area contributed by atoms with Crippen LogP contribution < -0.4 is 4.74 Å². The van der Waals surface area contributed by atoms with Crippen LogP contribution in [0.5, 0.6) is 5.75 Å². The van der Waals surface area contributed by atoms with Crippen molar-refractivity contribution in [2.45, 2.75) is 65.3 Å². The fourth-order valence-electron chi connectivity index (χ4n) is 4.28. The Kier molecular flexibility index (Phi) is 6.99. The Morgan fingerprint density at radius 3 is 2.50 bits per heavy atom. The normalized spacial score (nSPS) is 20.2. The third-order valence-corrected chi connectivity index (χ3v) is 6.02. The van der Waals surface area contributed by atoms with E-state index in [9.17, 15) is 23.1 Å². The highest BCUT2D eigenvalue weighted by atomic mass is 19.4. The van der Waals surface area contributed by atoms with Gasteiger partial charge >= 0.3 is 12.3 Å². The van der Waals surface area contributed by atoms with E-state index >= 15 is 0 Å². The lowest BCUT2D eigenvalue weighted by Crippen LogP contribution is -2.48. The van der Waals surface area contributed by atoms with Crippen LogP contribution in [0.4, 0.5) is 18.0 Å². The number of aliphatic hydroxyl groups excluding tert-OH is 1. The van der Waals surface area contributed by atoms with E-state index in [1.807, 2.05) is 6.92 Å². The van der Waals surface area contributed by atoms with Crippen LogP contribution in [-0.2, 0) is 10.9 Å². The maximum Gasteiger partial charge on any atom is 0.416 e. The number of benzene rings is 1. The summed E-state index contributed by atoms with van der Waals surface area (Å²) in [6.45, 7) is 9.83. The van der Waals surface area contributed by atoms with Gasteiger partial charge in [-0.25, -0.2) is 4.79 Å². The minimum absolute atomic E-state index is 0.0216. The van der Waals surface area contributed by atoms with E-state index in [4.69, 9.17) is 13.9 Å². The number of alkyl halides is 3. The summed E-state index contributed by atoms with van der Waals surface area (Å²) in [4.78, 5) is 14.2. The van der Waals surface area contributed by atoms with Gasteiger partial charge in [0, 0.05) is 18.5 Å². The zero-order valence-electron chi connectivity index (χ0n) is 20.4. The van der Waals surface area contributed by atoms with Crippen molar-refractivity contribution in [1.82, 2.24) is 4.90 Å². The molecule has 3 rings (SSSR count). The van der Waals surface area contributed by atoms with Crippen LogP contribution in [-0.4, -0.2) is 41.9 Å². The summed E-state index contributed by atoms with van der Waals surface area (Å²) in [6.07, 6.45) is -4.62. The number of hydrogen-bond acceptors (Lipinski definition) is 5. The molecule has 2 aromatic rings. The number of ether oxygens (including phenoxy) is 2. The van der Waals surface area contributed by atoms with Gasteiger partial charge < -0.3 is 23.9 Å². The molecule has 0 unspecified atom stereocenters. The summed E-state index contributed by atoms with van der Waals surface area (Å²) < 4.78 is 56.0. The molecule has 1 aromatic heterocycles. The van der Waals surface area contributed by atoms with Crippen molar-refractivity contribution < 1.29 is 37.0 Å². The second-order valence-electron chi connectivity index (χ2n) is 10.1. The first-order valence-corrected chi connectivity index (χ1v) is 11.2. The first-order chi connectivity index (χ1) is 15.6. The molecule has 1 saturated heterocycles. The Morgan fingerprint density at radius 1 is 1.24 bits per heavy atom. The topological polar surface area (TPSA) is 72.1 Å². The number of methoxy groups -OCH3 is 1. The van der Waals surface area contributed by atoms with Gasteiger partial charge in [0.05, 0.1) is 18.2 Å². The van der Waals surface area contributed by atoms with Crippen molar-refractivity contribution in [3.63, 3.8) is 0 Å². The lowest BCUT2D eigenvalue weighted by atomic mass is 9.76. The van der Waals surface area contributed by atoms with Crippen LogP contribution >= 0.6 is 0 Å². The van der Waals surface area contributed by atoms with Gasteiger partial charge in [0.15, 0.2) is 0 Å². The van der Waals surface area contributed by atoms with Gasteiger partial charge in [-0.2, -0.15) is 13.2 Å². The molecule has 0 saturated carbocycles. The number of nitrogens with zero attached hydrogens (tertiary/aromatic N) is 1. The van der Waals surface area contributed by atoms with E-state index in [-0.39, 0.29) is 18.1 Å². The Labute approximate surface area is 197 Å². The van der Waals surface area contributed by atoms with Gasteiger partial charge in [-0.05, 0) is 70.4 Å². The van der Waals surface area contributed by atoms with Crippen molar-refractivity contribution in [3.05, 3.63) is 41.2 Å². The molecule has 0 spiro atoms. The molecule has 9 heteroatoms. The van der Waals surface area contributed by atoms with Gasteiger partial charge in [0.25, 0.3) is 0 Å². The average molecular weight is 484 g/mol. The number of carbonyl (C=O) groups excluding carboxylic acids is 1. The number of piperidine rings is 1. The van der Waals surface area contributed by atoms with Gasteiger partial charge in [-0.3, -0.25) is 0 Å². The number of carbonyl (C=O) groups is 1. The largest absolute Gasteiger partial charge is 0.496 e. The molecule has 0 aliphatic carbocycles. The van der Waals surface area contributed by atoms with Crippen LogP contribution in [0, 0.1) is 12.3 Å². The highest BCUT2D eigenvalue weighted by Gasteiger charge is 2.42. The van der Waals surface area contributed by atoms with E-state index in [0.29, 0.717) is 36.3 Å². The number of aliphatic hydroxyl groups is 1. The molecule has 1 amide bonds. The predicted molar refractivity (Wildman–Crippen MR) is 121 cm³/mol. The molecular weight excluding hydrogens is 451 g/mol. The van der Waals surface area contributed by atoms with Crippen LogP contribution in [0.2, 0.25) is 0 Å². The molecular formula is C25H32F3NO5. The maximum atomic E-state index is 13.1. The van der Waals surface area contributed by atoms with E-state index in [1.54, 1.807) is 38.7 Å². The molecule has 1 fully saturated rings. The van der Waals surface area contributed by atoms with E-state index in [2.05, 4.69) is 0 Å². The number of amides is 1. The fraction of sp³-hybridized carbons (Fsp3) is 0.560. The van der Waals surface area contributed by atoms with E-state index < -0.39 is 35.0 Å². The highest BCUT2D eigenvalue weighted by molar-refractivity contribution is 5.70. The number of likely N-dealkylation sites (tertiary alicyclic amines) is 1. The lowest BCUT2D eigenvalue weighted by Gasteiger charge is -2.42. The minimum Gasteiger partial charge on any atom is -0.496 e. The van der Waals surface area contributed by atoms with Gasteiger partial charge in [0.2, 0.25) is 0 Å². The first kappa shape index (κ1) is 25.9. The van der Waals surface area contributed by atoms with Gasteiger partial charge in [-0.15, -0.1) is 0 Å². The number of aryl methyl sites for hydroxylation is 1. The quantitative estimate of drug-likeness (QED) is 0.548. The minimum atomic E-state index is -4.50. The zero-order valence-corrected chi connectivity index (χ0v) is 20.4. The number of furan rings is 1. The molecule has 188 valence electrons. The van der Waals surface area contributed by atoms with Crippen molar-refractivity contribution in [2.24, 2.45) is 5.41 Å². The molecule has 6 nitrogen and oxygen atoms in total. The van der Waals surface area contributed by atoms with Crippen LogP contribution in [0.1, 0.15) is 63.5 Å². The summed E-state index contributed by atoms with van der Waals surface area (Å²) in [5, 5.41) is 11.2. The highest BCUT2D eigenvalue weighted by Crippen LogP contribution is 2.45.